The number of carbonyl (C=O) groups is 2. The first-order chi connectivity index (χ1) is 11.6. The molecule has 1 saturated carbocycles. The van der Waals surface area contributed by atoms with Gasteiger partial charge in [0.25, 0.3) is 0 Å². The van der Waals surface area contributed by atoms with Gasteiger partial charge in [-0.2, -0.15) is 6.42 Å². The Morgan fingerprint density at radius 2 is 1.69 bits per heavy atom. The van der Waals surface area contributed by atoms with Crippen LogP contribution in [0.4, 0.5) is 0 Å². The summed E-state index contributed by atoms with van der Waals surface area (Å²) in [6, 6.07) is -1.44. The van der Waals surface area contributed by atoms with Crippen LogP contribution in [0, 0.1) is 18.8 Å². The number of carboxylic acids is 2. The zero-order valence-corrected chi connectivity index (χ0v) is 17.9. The average Bonchev–Trinajstić information content (AvgIpc) is 2.49. The maximum atomic E-state index is 10.2. The Morgan fingerprint density at radius 1 is 1.35 bits per heavy atom. The van der Waals surface area contributed by atoms with Gasteiger partial charge in [-0.1, -0.05) is 24.7 Å². The summed E-state index contributed by atoms with van der Waals surface area (Å²) in [6.45, 7) is 10.4. The Morgan fingerprint density at radius 3 is 1.73 bits per heavy atom. The fourth-order valence-electron chi connectivity index (χ4n) is 1.83. The summed E-state index contributed by atoms with van der Waals surface area (Å²) in [6.07, 6.45) is 3.65. The average molecular weight is 579 g/mol. The molecule has 0 bridgehead atoms. The van der Waals surface area contributed by atoms with Crippen LogP contribution in [0.15, 0.2) is 13.2 Å². The summed E-state index contributed by atoms with van der Waals surface area (Å²) in [5, 5.41) is 23.6. The molecule has 1 rings (SSSR count). The van der Waals surface area contributed by atoms with E-state index in [1.165, 1.54) is 26.9 Å². The maximum absolute atomic E-state index is 10.2. The van der Waals surface area contributed by atoms with Crippen molar-refractivity contribution in [1.29, 1.82) is 0 Å². The van der Waals surface area contributed by atoms with Crippen LogP contribution in [0.3, 0.4) is 0 Å². The van der Waals surface area contributed by atoms with E-state index in [0.717, 1.165) is 17.2 Å². The number of nitrogens with zero attached hydrogens (tertiary/aromatic N) is 1. The molecule has 0 radical (unpaired) electrons. The van der Waals surface area contributed by atoms with Crippen molar-refractivity contribution in [3.63, 3.8) is 0 Å². The first-order valence-corrected chi connectivity index (χ1v) is 8.23. The smallest absolute Gasteiger partial charge is 0.677 e. The molecular formula is C14H29N2O8PPt. The largest absolute Gasteiger partial charge is 2.00 e. The second-order valence-electron chi connectivity index (χ2n) is 4.94. The zero-order chi connectivity index (χ0) is 20.6. The third-order valence-corrected chi connectivity index (χ3v) is 3.39. The van der Waals surface area contributed by atoms with Crippen molar-refractivity contribution in [1.82, 2.24) is 4.90 Å². The molecule has 1 fully saturated rings. The van der Waals surface area contributed by atoms with Crippen molar-refractivity contribution in [2.45, 2.75) is 25.3 Å². The normalized spacial score (nSPS) is 17.6. The molecular weight excluding hydrogens is 550 g/mol. The first-order valence-electron chi connectivity index (χ1n) is 7.14. The molecule has 0 aromatic carbocycles. The molecule has 4 N–H and O–H groups in total. The van der Waals surface area contributed by atoms with Gasteiger partial charge in [-0.15, -0.1) is 19.7 Å². The molecule has 0 aromatic heterocycles. The van der Waals surface area contributed by atoms with Crippen molar-refractivity contribution in [2.75, 3.05) is 20.6 Å². The molecule has 10 nitrogen and oxygen atoms in total. The van der Waals surface area contributed by atoms with Gasteiger partial charge in [0.15, 0.2) is 0 Å². The molecule has 12 heteroatoms. The molecule has 0 saturated heterocycles. The molecule has 3 unspecified atom stereocenters. The number of hydrogen-bond donors (Lipinski definition) is 3. The van der Waals surface area contributed by atoms with Gasteiger partial charge in [-0.25, -0.2) is 14.8 Å². The molecule has 26 heavy (non-hydrogen) atoms. The second-order valence-corrected chi connectivity index (χ2v) is 5.55. The van der Waals surface area contributed by atoms with Crippen LogP contribution in [-0.4, -0.2) is 59.0 Å². The zero-order valence-electron chi connectivity index (χ0n) is 14.8. The second kappa shape index (κ2) is 20.6. The van der Waals surface area contributed by atoms with Crippen LogP contribution in [0.2, 0.25) is 0 Å². The van der Waals surface area contributed by atoms with Crippen LogP contribution in [0.1, 0.15) is 20.7 Å². The molecule has 0 aliphatic heterocycles. The Bertz CT molecular complexity index is 379. The molecule has 0 spiro atoms. The SMILES string of the molecule is C=C.CN(C)C(C(=O)O)C(=O)O.O=[P+]([O-])OO.[CH2-]CC1CCC1C[NH-].[HH].[Pt+2]. The van der Waals surface area contributed by atoms with Gasteiger partial charge in [0.1, 0.15) is 0 Å². The number of likely N-dealkylation sites (N-methyl/N-ethyl adjacent to an activating group) is 1. The molecule has 0 heterocycles. The molecule has 1 aliphatic carbocycles. The minimum absolute atomic E-state index is 0. The standard InChI is InChI=1S/C7H13N.C5H9NO4.C2H4.HO4P.Pt.H2/c1-2-6-3-4-7(6)5-8;1-6(2)3(4(7)8)5(9)10;1-2;1-4-5(2)3;;/h6-8H,1-5H2;3H,1-2H3,(H,7,8)(H,9,10);1-2H2;1H;;1H/q-2;;;;+2;. The van der Waals surface area contributed by atoms with E-state index in [9.17, 15) is 9.59 Å². The fraction of sp³-hybridized carbons (Fsp3) is 0.643. The Kier molecular flexibility index (Phi) is 26.0. The van der Waals surface area contributed by atoms with E-state index in [4.69, 9.17) is 30.7 Å². The van der Waals surface area contributed by atoms with Crippen molar-refractivity contribution in [3.05, 3.63) is 25.8 Å². The first kappa shape index (κ1) is 32.9. The number of carboxylic acid groups (broad SMARTS) is 2. The van der Waals surface area contributed by atoms with E-state index in [1.54, 1.807) is 0 Å². The predicted molar refractivity (Wildman–Crippen MR) is 92.8 cm³/mol. The van der Waals surface area contributed by atoms with Gasteiger partial charge < -0.3 is 27.8 Å². The van der Waals surface area contributed by atoms with Crippen molar-refractivity contribution in [3.8, 4) is 0 Å². The van der Waals surface area contributed by atoms with Gasteiger partial charge in [-0.3, -0.25) is 4.90 Å². The molecule has 3 atom stereocenters. The Labute approximate surface area is 170 Å². The monoisotopic (exact) mass is 579 g/mol. The van der Waals surface area contributed by atoms with E-state index >= 15 is 0 Å². The van der Waals surface area contributed by atoms with Gasteiger partial charge in [0.2, 0.25) is 6.04 Å². The third kappa shape index (κ3) is 16.7. The minimum atomic E-state index is -3.04. The topological polar surface area (TPSA) is 171 Å². The quantitative estimate of drug-likeness (QED) is 0.106. The minimum Gasteiger partial charge on any atom is -0.677 e. The molecule has 158 valence electrons. The van der Waals surface area contributed by atoms with Crippen LogP contribution in [0.5, 0.6) is 0 Å². The van der Waals surface area contributed by atoms with Crippen LogP contribution < -0.4 is 4.89 Å². The fourth-order valence-corrected chi connectivity index (χ4v) is 1.83. The van der Waals surface area contributed by atoms with Crippen molar-refractivity contribution >= 4 is 20.2 Å². The number of nitrogens with one attached hydrogen (secondary N) is 1. The summed E-state index contributed by atoms with van der Waals surface area (Å²) in [7, 11) is -0.251. The summed E-state index contributed by atoms with van der Waals surface area (Å²) in [5.74, 6) is -1.20. The maximum Gasteiger partial charge on any atom is 2.00 e. The number of hydrogen-bond acceptors (Lipinski definition) is 7. The van der Waals surface area contributed by atoms with E-state index in [1.807, 2.05) is 0 Å². The van der Waals surface area contributed by atoms with Gasteiger partial charge in [0, 0.05) is 6.10 Å². The Hall–Kier alpha value is -0.732. The van der Waals surface area contributed by atoms with Crippen LogP contribution in [-0.2, 0) is 39.9 Å². The van der Waals surface area contributed by atoms with Crippen molar-refractivity contribution in [2.24, 2.45) is 11.8 Å². The predicted octanol–water partition coefficient (Wildman–Crippen LogP) is 1.91. The van der Waals surface area contributed by atoms with Gasteiger partial charge in [-0.05, 0) is 18.7 Å². The Balaban J connectivity index is -0.0000000860. The molecule has 1 aliphatic rings. The summed E-state index contributed by atoms with van der Waals surface area (Å²) >= 11 is 0. The van der Waals surface area contributed by atoms with E-state index in [-0.39, 0.29) is 22.5 Å². The summed E-state index contributed by atoms with van der Waals surface area (Å²) < 4.78 is 11.6. The van der Waals surface area contributed by atoms with Crippen LogP contribution in [0.25, 0.3) is 5.73 Å². The van der Waals surface area contributed by atoms with Gasteiger partial charge >= 0.3 is 41.3 Å². The number of rotatable bonds is 6. The summed E-state index contributed by atoms with van der Waals surface area (Å²) in [5.41, 5.74) is 7.07. The van der Waals surface area contributed by atoms with Gasteiger partial charge in [0.05, 0.1) is 0 Å². The van der Waals surface area contributed by atoms with Crippen molar-refractivity contribution < 1.29 is 61.7 Å². The third-order valence-electron chi connectivity index (χ3n) is 3.26. The molecule has 0 amide bonds. The van der Waals surface area contributed by atoms with E-state index in [2.05, 4.69) is 24.8 Å². The van der Waals surface area contributed by atoms with Crippen LogP contribution >= 0.6 is 8.25 Å². The molecule has 0 aromatic rings. The van der Waals surface area contributed by atoms with E-state index < -0.39 is 26.2 Å². The number of aliphatic carboxylic acids is 2. The summed E-state index contributed by atoms with van der Waals surface area (Å²) in [4.78, 5) is 30.4. The van der Waals surface area contributed by atoms with E-state index in [0.29, 0.717) is 12.5 Å².